The summed E-state index contributed by atoms with van der Waals surface area (Å²) >= 11 is 0. The van der Waals surface area contributed by atoms with Gasteiger partial charge in [-0.1, -0.05) is 0 Å². The van der Waals surface area contributed by atoms with E-state index < -0.39 is 17.4 Å². The quantitative estimate of drug-likeness (QED) is 0.820. The predicted molar refractivity (Wildman–Crippen MR) is 67.5 cm³/mol. The normalized spacial score (nSPS) is 13.0. The number of nitrogens with zero attached hydrogens (tertiary/aromatic N) is 1. The molecule has 1 aromatic rings. The molecule has 0 fully saturated rings. The lowest BCUT2D eigenvalue weighted by atomic mass is 10.1. The maximum Gasteiger partial charge on any atom is 0.187 e. The lowest BCUT2D eigenvalue weighted by molar-refractivity contribution is 0.365. The highest BCUT2D eigenvalue weighted by atomic mass is 19.1. The molecule has 0 spiro atoms. The van der Waals surface area contributed by atoms with Crippen LogP contribution in [0.4, 0.5) is 8.78 Å². The summed E-state index contributed by atoms with van der Waals surface area (Å²) in [6.45, 7) is 3.35. The van der Waals surface area contributed by atoms with Crippen LogP contribution in [0.1, 0.15) is 18.9 Å². The summed E-state index contributed by atoms with van der Waals surface area (Å²) in [5, 5.41) is 12.2. The fourth-order valence-corrected chi connectivity index (χ4v) is 1.57. The van der Waals surface area contributed by atoms with Gasteiger partial charge in [0.2, 0.25) is 0 Å². The third kappa shape index (κ3) is 4.58. The molecular weight excluding hydrogens is 238 g/mol. The van der Waals surface area contributed by atoms with E-state index in [0.29, 0.717) is 12.1 Å². The molecule has 0 heterocycles. The van der Waals surface area contributed by atoms with Crippen molar-refractivity contribution >= 4 is 0 Å². The lowest BCUT2D eigenvalue weighted by Gasteiger charge is -2.16. The molecule has 0 aliphatic carbocycles. The molecule has 3 nitrogen and oxygen atoms in total. The molecule has 0 aliphatic heterocycles. The van der Waals surface area contributed by atoms with Gasteiger partial charge in [-0.25, -0.2) is 8.78 Å². The number of aromatic hydroxyl groups is 1. The third-order valence-electron chi connectivity index (χ3n) is 2.74. The van der Waals surface area contributed by atoms with Gasteiger partial charge in [0.1, 0.15) is 0 Å². The molecule has 1 unspecified atom stereocenters. The van der Waals surface area contributed by atoms with Crippen molar-refractivity contribution in [3.05, 3.63) is 29.3 Å². The van der Waals surface area contributed by atoms with Crippen LogP contribution in [-0.2, 0) is 6.54 Å². The van der Waals surface area contributed by atoms with Crippen molar-refractivity contribution in [2.45, 2.75) is 25.9 Å². The second-order valence-electron chi connectivity index (χ2n) is 4.78. The Morgan fingerprint density at radius 3 is 2.33 bits per heavy atom. The van der Waals surface area contributed by atoms with Gasteiger partial charge in [-0.15, -0.1) is 0 Å². The number of benzene rings is 1. The fourth-order valence-electron chi connectivity index (χ4n) is 1.57. The number of phenols is 1. The van der Waals surface area contributed by atoms with E-state index in [1.165, 1.54) is 0 Å². The van der Waals surface area contributed by atoms with E-state index in [2.05, 4.69) is 10.2 Å². The van der Waals surface area contributed by atoms with Gasteiger partial charge in [-0.05, 0) is 51.7 Å². The molecule has 0 amide bonds. The number of hydrogen-bond acceptors (Lipinski definition) is 3. The number of phenolic OH excluding ortho intramolecular Hbond substituents is 1. The van der Waals surface area contributed by atoms with Crippen molar-refractivity contribution in [3.8, 4) is 5.75 Å². The topological polar surface area (TPSA) is 35.5 Å². The van der Waals surface area contributed by atoms with Crippen molar-refractivity contribution in [2.75, 3.05) is 20.6 Å². The number of rotatable bonds is 6. The highest BCUT2D eigenvalue weighted by Gasteiger charge is 2.10. The highest BCUT2D eigenvalue weighted by Crippen LogP contribution is 2.21. The summed E-state index contributed by atoms with van der Waals surface area (Å²) in [7, 11) is 3.99. The van der Waals surface area contributed by atoms with Crippen LogP contribution >= 0.6 is 0 Å². The second kappa shape index (κ2) is 6.66. The zero-order valence-corrected chi connectivity index (χ0v) is 11.0. The summed E-state index contributed by atoms with van der Waals surface area (Å²) in [5.74, 6) is -2.76. The van der Waals surface area contributed by atoms with E-state index in [1.54, 1.807) is 0 Å². The van der Waals surface area contributed by atoms with Crippen LogP contribution in [0.25, 0.3) is 0 Å². The van der Waals surface area contributed by atoms with Gasteiger partial charge in [0.05, 0.1) is 0 Å². The molecule has 0 aliphatic rings. The van der Waals surface area contributed by atoms with Crippen LogP contribution in [0.3, 0.4) is 0 Å². The van der Waals surface area contributed by atoms with Crippen molar-refractivity contribution in [2.24, 2.45) is 0 Å². The monoisotopic (exact) mass is 258 g/mol. The van der Waals surface area contributed by atoms with Crippen LogP contribution in [0, 0.1) is 11.6 Å². The van der Waals surface area contributed by atoms with E-state index in [0.717, 1.165) is 25.1 Å². The van der Waals surface area contributed by atoms with Gasteiger partial charge in [0.25, 0.3) is 0 Å². The fraction of sp³-hybridized carbons (Fsp3) is 0.538. The van der Waals surface area contributed by atoms with Gasteiger partial charge in [0, 0.05) is 12.6 Å². The van der Waals surface area contributed by atoms with Crippen LogP contribution in [0.5, 0.6) is 5.75 Å². The second-order valence-corrected chi connectivity index (χ2v) is 4.78. The van der Waals surface area contributed by atoms with Gasteiger partial charge in [0.15, 0.2) is 17.4 Å². The maximum atomic E-state index is 13.1. The summed E-state index contributed by atoms with van der Waals surface area (Å²) < 4.78 is 26.2. The van der Waals surface area contributed by atoms with E-state index in [1.807, 2.05) is 21.0 Å². The maximum absolute atomic E-state index is 13.1. The van der Waals surface area contributed by atoms with Gasteiger partial charge < -0.3 is 15.3 Å². The predicted octanol–water partition coefficient (Wildman–Crippen LogP) is 2.10. The highest BCUT2D eigenvalue weighted by molar-refractivity contribution is 5.29. The van der Waals surface area contributed by atoms with E-state index in [-0.39, 0.29) is 6.04 Å². The summed E-state index contributed by atoms with van der Waals surface area (Å²) in [6.07, 6.45) is 0.954. The Hall–Kier alpha value is -1.20. The minimum atomic E-state index is -0.923. The Labute approximate surface area is 106 Å². The summed E-state index contributed by atoms with van der Waals surface area (Å²) in [5.41, 5.74) is 0.486. The van der Waals surface area contributed by atoms with Crippen LogP contribution in [0.2, 0.25) is 0 Å². The largest absolute Gasteiger partial charge is 0.503 e. The van der Waals surface area contributed by atoms with Crippen LogP contribution in [-0.4, -0.2) is 36.7 Å². The zero-order valence-electron chi connectivity index (χ0n) is 11.0. The van der Waals surface area contributed by atoms with E-state index in [9.17, 15) is 8.78 Å². The summed E-state index contributed by atoms with van der Waals surface area (Å²) in [6, 6.07) is 2.54. The van der Waals surface area contributed by atoms with Crippen LogP contribution < -0.4 is 5.32 Å². The molecule has 2 N–H and O–H groups in total. The molecule has 0 radical (unpaired) electrons. The average Bonchev–Trinajstić information content (AvgIpc) is 2.30. The van der Waals surface area contributed by atoms with Gasteiger partial charge in [-0.3, -0.25) is 0 Å². The SMILES string of the molecule is CC(CCN(C)C)NCc1cc(F)c(O)c(F)c1. The molecule has 0 saturated carbocycles. The molecule has 1 atom stereocenters. The van der Waals surface area contributed by atoms with Gasteiger partial charge in [-0.2, -0.15) is 0 Å². The minimum Gasteiger partial charge on any atom is -0.503 e. The Kier molecular flexibility index (Phi) is 5.50. The number of hydrogen-bond donors (Lipinski definition) is 2. The number of halogens is 2. The molecule has 102 valence electrons. The van der Waals surface area contributed by atoms with Crippen molar-refractivity contribution < 1.29 is 13.9 Å². The molecule has 0 saturated heterocycles. The lowest BCUT2D eigenvalue weighted by Crippen LogP contribution is -2.29. The van der Waals surface area contributed by atoms with E-state index >= 15 is 0 Å². The average molecular weight is 258 g/mol. The molecule has 18 heavy (non-hydrogen) atoms. The smallest absolute Gasteiger partial charge is 0.187 e. The Bertz CT molecular complexity index is 374. The number of nitrogens with one attached hydrogen (secondary N) is 1. The Balaban J connectivity index is 2.48. The first-order valence-corrected chi connectivity index (χ1v) is 5.95. The molecule has 1 rings (SSSR count). The first-order valence-electron chi connectivity index (χ1n) is 5.95. The molecule has 5 heteroatoms. The zero-order chi connectivity index (χ0) is 13.7. The Morgan fingerprint density at radius 1 is 1.28 bits per heavy atom. The third-order valence-corrected chi connectivity index (χ3v) is 2.74. The Morgan fingerprint density at radius 2 is 1.83 bits per heavy atom. The molecule has 1 aromatic carbocycles. The molecular formula is C13H20F2N2O. The standard InChI is InChI=1S/C13H20F2N2O/c1-9(4-5-17(2)3)16-8-10-6-11(14)13(18)12(15)7-10/h6-7,9,16,18H,4-5,8H2,1-3H3. The molecule has 0 aromatic heterocycles. The first-order chi connectivity index (χ1) is 8.40. The van der Waals surface area contributed by atoms with Crippen LogP contribution in [0.15, 0.2) is 12.1 Å². The first kappa shape index (κ1) is 14.9. The van der Waals surface area contributed by atoms with E-state index in [4.69, 9.17) is 5.11 Å². The minimum absolute atomic E-state index is 0.257. The van der Waals surface area contributed by atoms with Gasteiger partial charge >= 0.3 is 0 Å². The summed E-state index contributed by atoms with van der Waals surface area (Å²) in [4.78, 5) is 2.08. The van der Waals surface area contributed by atoms with Crippen molar-refractivity contribution in [1.29, 1.82) is 0 Å². The van der Waals surface area contributed by atoms with Crippen molar-refractivity contribution in [1.82, 2.24) is 10.2 Å². The molecule has 0 bridgehead atoms. The van der Waals surface area contributed by atoms with Crippen molar-refractivity contribution in [3.63, 3.8) is 0 Å².